The molecule has 0 spiro atoms. The number of nitrogens with one attached hydrogen (secondary N) is 2. The van der Waals surface area contributed by atoms with Crippen molar-refractivity contribution in [1.82, 2.24) is 9.88 Å². The molecule has 3 aromatic rings. The Balaban J connectivity index is 1.42. The van der Waals surface area contributed by atoms with E-state index in [4.69, 9.17) is 0 Å². The number of hydrogen-bond acceptors (Lipinski definition) is 6. The van der Waals surface area contributed by atoms with Crippen LogP contribution in [0.3, 0.4) is 0 Å². The number of carbonyl (C=O) groups is 2. The third-order valence-corrected chi connectivity index (χ3v) is 7.18. The molecule has 0 saturated carbocycles. The van der Waals surface area contributed by atoms with Crippen LogP contribution >= 0.6 is 11.3 Å². The number of sulfonamides is 1. The highest BCUT2D eigenvalue weighted by Crippen LogP contribution is 2.27. The Bertz CT molecular complexity index is 1230. The largest absolute Gasteiger partial charge is 0.465 e. The molecule has 1 atom stereocenters. The number of amides is 2. The van der Waals surface area contributed by atoms with E-state index in [1.54, 1.807) is 47.8 Å². The number of carbonyl (C=O) groups excluding carboxylic acids is 1. The Morgan fingerprint density at radius 1 is 1.09 bits per heavy atom. The minimum Gasteiger partial charge on any atom is -0.465 e. The van der Waals surface area contributed by atoms with Gasteiger partial charge in [-0.15, -0.1) is 11.3 Å². The lowest BCUT2D eigenvalue weighted by molar-refractivity contribution is -0.119. The standard InChI is InChI=1S/C21H20N4O5S2/c26-19(18-7-4-12-25(18)21(27)28)23-20-22-17(13-31-20)14-8-10-15(11-9-14)24-32(29,30)16-5-2-1-3-6-16/h1-3,5-6,8-11,13,18,24H,4,7,12H2,(H,27,28)(H,22,23,26). The summed E-state index contributed by atoms with van der Waals surface area (Å²) >= 11 is 1.23. The highest BCUT2D eigenvalue weighted by molar-refractivity contribution is 7.92. The van der Waals surface area contributed by atoms with Gasteiger partial charge in [-0.2, -0.15) is 0 Å². The molecule has 1 unspecified atom stereocenters. The van der Waals surface area contributed by atoms with Gasteiger partial charge in [-0.05, 0) is 37.1 Å². The average Bonchev–Trinajstić information content (AvgIpc) is 3.45. The summed E-state index contributed by atoms with van der Waals surface area (Å²) in [5.41, 5.74) is 1.78. The predicted molar refractivity (Wildman–Crippen MR) is 121 cm³/mol. The highest BCUT2D eigenvalue weighted by Gasteiger charge is 2.34. The first-order valence-corrected chi connectivity index (χ1v) is 12.1. The first kappa shape index (κ1) is 21.8. The first-order chi connectivity index (χ1) is 15.3. The van der Waals surface area contributed by atoms with Gasteiger partial charge in [0, 0.05) is 23.2 Å². The Morgan fingerprint density at radius 2 is 1.81 bits per heavy atom. The normalized spacial score (nSPS) is 16.0. The molecule has 1 fully saturated rings. The molecule has 2 heterocycles. The molecular formula is C21H20N4O5S2. The van der Waals surface area contributed by atoms with Crippen molar-refractivity contribution in [2.75, 3.05) is 16.6 Å². The van der Waals surface area contributed by atoms with Gasteiger partial charge < -0.3 is 10.4 Å². The van der Waals surface area contributed by atoms with Crippen molar-refractivity contribution in [1.29, 1.82) is 0 Å². The monoisotopic (exact) mass is 472 g/mol. The zero-order valence-corrected chi connectivity index (χ0v) is 18.4. The number of likely N-dealkylation sites (tertiary alicyclic amines) is 1. The van der Waals surface area contributed by atoms with Gasteiger partial charge >= 0.3 is 6.09 Å². The summed E-state index contributed by atoms with van der Waals surface area (Å²) in [5.74, 6) is -0.392. The van der Waals surface area contributed by atoms with Crippen molar-refractivity contribution in [3.8, 4) is 11.3 Å². The van der Waals surface area contributed by atoms with E-state index in [0.29, 0.717) is 35.9 Å². The Kier molecular flexibility index (Phi) is 6.10. The molecule has 0 aliphatic carbocycles. The van der Waals surface area contributed by atoms with E-state index < -0.39 is 28.1 Å². The summed E-state index contributed by atoms with van der Waals surface area (Å²) in [4.78, 5) is 29.4. The fourth-order valence-corrected chi connectivity index (χ4v) is 5.25. The van der Waals surface area contributed by atoms with Crippen LogP contribution in [0, 0.1) is 0 Å². The minimum absolute atomic E-state index is 0.174. The third-order valence-electron chi connectivity index (χ3n) is 5.02. The molecule has 0 bridgehead atoms. The summed E-state index contributed by atoms with van der Waals surface area (Å²) < 4.78 is 27.4. The zero-order valence-electron chi connectivity index (χ0n) is 16.8. The molecule has 2 amide bonds. The number of benzene rings is 2. The van der Waals surface area contributed by atoms with E-state index in [2.05, 4.69) is 15.0 Å². The summed E-state index contributed by atoms with van der Waals surface area (Å²) in [6.45, 7) is 0.344. The third kappa shape index (κ3) is 4.73. The van der Waals surface area contributed by atoms with Gasteiger partial charge in [0.05, 0.1) is 10.6 Å². The van der Waals surface area contributed by atoms with E-state index in [9.17, 15) is 23.1 Å². The molecule has 0 radical (unpaired) electrons. The lowest BCUT2D eigenvalue weighted by Gasteiger charge is -2.19. The summed E-state index contributed by atoms with van der Waals surface area (Å²) in [7, 11) is -3.68. The molecule has 1 saturated heterocycles. The van der Waals surface area contributed by atoms with Crippen molar-refractivity contribution >= 4 is 44.2 Å². The number of thiazole rings is 1. The van der Waals surface area contributed by atoms with E-state index in [1.807, 2.05) is 0 Å². The quantitative estimate of drug-likeness (QED) is 0.502. The molecule has 2 aromatic carbocycles. The molecule has 1 aliphatic rings. The van der Waals surface area contributed by atoms with Crippen molar-refractivity contribution < 1.29 is 23.1 Å². The molecular weight excluding hydrogens is 452 g/mol. The zero-order chi connectivity index (χ0) is 22.7. The van der Waals surface area contributed by atoms with Crippen LogP contribution in [0.2, 0.25) is 0 Å². The topological polar surface area (TPSA) is 129 Å². The predicted octanol–water partition coefficient (Wildman–Crippen LogP) is 3.69. The van der Waals surface area contributed by atoms with Crippen molar-refractivity contribution in [3.63, 3.8) is 0 Å². The van der Waals surface area contributed by atoms with Crippen molar-refractivity contribution in [3.05, 3.63) is 60.0 Å². The van der Waals surface area contributed by atoms with E-state index in [1.165, 1.54) is 23.5 Å². The van der Waals surface area contributed by atoms with Crippen LogP contribution in [0.1, 0.15) is 12.8 Å². The van der Waals surface area contributed by atoms with Gasteiger partial charge in [-0.1, -0.05) is 30.3 Å². The van der Waals surface area contributed by atoms with Crippen LogP contribution in [0.4, 0.5) is 15.6 Å². The fourth-order valence-electron chi connectivity index (χ4n) is 3.44. The van der Waals surface area contributed by atoms with Crippen LogP contribution in [0.5, 0.6) is 0 Å². The Labute approximate surface area is 188 Å². The molecule has 11 heteroatoms. The summed E-state index contributed by atoms with van der Waals surface area (Å²) in [6, 6.07) is 14.1. The number of hydrogen-bond donors (Lipinski definition) is 3. The number of aromatic nitrogens is 1. The van der Waals surface area contributed by atoms with Gasteiger partial charge in [0.15, 0.2) is 5.13 Å². The van der Waals surface area contributed by atoms with Gasteiger partial charge in [-0.3, -0.25) is 14.4 Å². The molecule has 1 aliphatic heterocycles. The van der Waals surface area contributed by atoms with Crippen LogP contribution in [-0.2, 0) is 14.8 Å². The SMILES string of the molecule is O=C(Nc1nc(-c2ccc(NS(=O)(=O)c3ccccc3)cc2)cs1)C1CCCN1C(=O)O. The minimum atomic E-state index is -3.68. The summed E-state index contributed by atoms with van der Waals surface area (Å²) in [5, 5.41) is 14.0. The molecule has 166 valence electrons. The number of nitrogens with zero attached hydrogens (tertiary/aromatic N) is 2. The fraction of sp³-hybridized carbons (Fsp3) is 0.190. The molecule has 1 aromatic heterocycles. The molecule has 32 heavy (non-hydrogen) atoms. The van der Waals surface area contributed by atoms with Gasteiger partial charge in [0.1, 0.15) is 6.04 Å². The Hall–Kier alpha value is -3.44. The highest BCUT2D eigenvalue weighted by atomic mass is 32.2. The average molecular weight is 473 g/mol. The molecule has 3 N–H and O–H groups in total. The van der Waals surface area contributed by atoms with Crippen LogP contribution in [0.25, 0.3) is 11.3 Å². The van der Waals surface area contributed by atoms with Crippen LogP contribution in [0.15, 0.2) is 64.9 Å². The number of carboxylic acid groups (broad SMARTS) is 1. The maximum Gasteiger partial charge on any atom is 0.407 e. The summed E-state index contributed by atoms with van der Waals surface area (Å²) in [6.07, 6.45) is 0.0235. The number of rotatable bonds is 6. The van der Waals surface area contributed by atoms with Gasteiger partial charge in [0.25, 0.3) is 10.0 Å². The van der Waals surface area contributed by atoms with E-state index in [0.717, 1.165) is 10.5 Å². The molecule has 4 rings (SSSR count). The van der Waals surface area contributed by atoms with Crippen molar-refractivity contribution in [2.24, 2.45) is 0 Å². The Morgan fingerprint density at radius 3 is 2.50 bits per heavy atom. The van der Waals surface area contributed by atoms with Crippen molar-refractivity contribution in [2.45, 2.75) is 23.8 Å². The number of anilines is 2. The maximum absolute atomic E-state index is 12.5. The smallest absolute Gasteiger partial charge is 0.407 e. The second-order valence-corrected chi connectivity index (χ2v) is 9.70. The first-order valence-electron chi connectivity index (χ1n) is 9.78. The van der Waals surface area contributed by atoms with Crippen LogP contribution < -0.4 is 10.0 Å². The van der Waals surface area contributed by atoms with E-state index in [-0.39, 0.29) is 4.90 Å². The second kappa shape index (κ2) is 8.97. The van der Waals surface area contributed by atoms with Gasteiger partial charge in [-0.25, -0.2) is 18.2 Å². The lowest BCUT2D eigenvalue weighted by Crippen LogP contribution is -2.42. The van der Waals surface area contributed by atoms with Crippen LogP contribution in [-0.4, -0.2) is 48.0 Å². The lowest BCUT2D eigenvalue weighted by atomic mass is 10.1. The maximum atomic E-state index is 12.5. The van der Waals surface area contributed by atoms with Gasteiger partial charge in [0.2, 0.25) is 5.91 Å². The van der Waals surface area contributed by atoms with E-state index >= 15 is 0 Å². The molecule has 9 nitrogen and oxygen atoms in total. The second-order valence-electron chi connectivity index (χ2n) is 7.16.